The number of rotatable bonds is 8. The van der Waals surface area contributed by atoms with Crippen LogP contribution in [0.4, 0.5) is 0 Å². The molecule has 0 aromatic rings. The van der Waals surface area contributed by atoms with Gasteiger partial charge in [0.2, 0.25) is 5.91 Å². The minimum absolute atomic E-state index is 0.0828. The largest absolute Gasteiger partial charge is 0.347 e. The lowest BCUT2D eigenvalue weighted by molar-refractivity contribution is -0.125. The predicted molar refractivity (Wildman–Crippen MR) is 62.0 cm³/mol. The van der Waals surface area contributed by atoms with Gasteiger partial charge in [0, 0.05) is 12.3 Å². The minimum atomic E-state index is -0.534. The first-order valence-corrected chi connectivity index (χ1v) is 5.80. The molecule has 0 aliphatic rings. The maximum absolute atomic E-state index is 11.3. The Bertz CT molecular complexity index is 251. The van der Waals surface area contributed by atoms with Crippen LogP contribution in [0.2, 0.25) is 0 Å². The molecule has 0 aliphatic carbocycles. The molecule has 92 valence electrons. The number of hydrogen-bond donors (Lipinski definition) is 1. The van der Waals surface area contributed by atoms with Crippen molar-refractivity contribution in [1.82, 2.24) is 5.32 Å². The SMILES string of the molecule is CCC[C@@H](C[C@@H](C=O)NC(=O)CC)C(C)=O. The number of hydrogen-bond acceptors (Lipinski definition) is 3. The van der Waals surface area contributed by atoms with Crippen molar-refractivity contribution in [3.05, 3.63) is 0 Å². The van der Waals surface area contributed by atoms with Crippen molar-refractivity contribution in [2.24, 2.45) is 5.92 Å². The molecule has 16 heavy (non-hydrogen) atoms. The van der Waals surface area contributed by atoms with E-state index in [4.69, 9.17) is 0 Å². The topological polar surface area (TPSA) is 63.2 Å². The van der Waals surface area contributed by atoms with E-state index in [0.717, 1.165) is 12.8 Å². The molecule has 0 bridgehead atoms. The number of nitrogens with one attached hydrogen (secondary N) is 1. The highest BCUT2D eigenvalue weighted by Gasteiger charge is 2.20. The molecule has 4 heteroatoms. The molecule has 0 unspecified atom stereocenters. The van der Waals surface area contributed by atoms with Crippen LogP contribution < -0.4 is 5.32 Å². The molecular weight excluding hydrogens is 206 g/mol. The smallest absolute Gasteiger partial charge is 0.220 e. The van der Waals surface area contributed by atoms with Gasteiger partial charge in [0.25, 0.3) is 0 Å². The summed E-state index contributed by atoms with van der Waals surface area (Å²) in [6.45, 7) is 5.26. The second kappa shape index (κ2) is 8.02. The molecule has 0 aromatic heterocycles. The Labute approximate surface area is 96.8 Å². The molecule has 1 amide bonds. The number of aldehydes is 1. The van der Waals surface area contributed by atoms with Crippen LogP contribution in [0.1, 0.15) is 46.5 Å². The van der Waals surface area contributed by atoms with Gasteiger partial charge in [-0.1, -0.05) is 20.3 Å². The van der Waals surface area contributed by atoms with Gasteiger partial charge in [0.05, 0.1) is 6.04 Å². The second-order valence-corrected chi connectivity index (χ2v) is 4.00. The molecule has 0 fully saturated rings. The van der Waals surface area contributed by atoms with Gasteiger partial charge in [0.15, 0.2) is 0 Å². The molecule has 0 aromatic carbocycles. The first-order valence-electron chi connectivity index (χ1n) is 5.80. The third kappa shape index (κ3) is 5.63. The van der Waals surface area contributed by atoms with Crippen molar-refractivity contribution < 1.29 is 14.4 Å². The lowest BCUT2D eigenvalue weighted by Gasteiger charge is -2.18. The van der Waals surface area contributed by atoms with Crippen LogP contribution in [0.3, 0.4) is 0 Å². The lowest BCUT2D eigenvalue weighted by Crippen LogP contribution is -2.38. The van der Waals surface area contributed by atoms with Gasteiger partial charge in [-0.25, -0.2) is 0 Å². The maximum Gasteiger partial charge on any atom is 0.220 e. The van der Waals surface area contributed by atoms with Crippen LogP contribution >= 0.6 is 0 Å². The molecular formula is C12H21NO3. The maximum atomic E-state index is 11.3. The molecule has 0 saturated heterocycles. The van der Waals surface area contributed by atoms with E-state index < -0.39 is 6.04 Å². The van der Waals surface area contributed by atoms with Gasteiger partial charge >= 0.3 is 0 Å². The van der Waals surface area contributed by atoms with Crippen molar-refractivity contribution in [3.63, 3.8) is 0 Å². The van der Waals surface area contributed by atoms with Crippen molar-refractivity contribution in [2.75, 3.05) is 0 Å². The monoisotopic (exact) mass is 227 g/mol. The molecule has 0 radical (unpaired) electrons. The van der Waals surface area contributed by atoms with Crippen LogP contribution in [0, 0.1) is 5.92 Å². The molecule has 0 rings (SSSR count). The van der Waals surface area contributed by atoms with Crippen molar-refractivity contribution in [3.8, 4) is 0 Å². The number of carbonyl (C=O) groups excluding carboxylic acids is 3. The number of amides is 1. The molecule has 2 atom stereocenters. The fourth-order valence-corrected chi connectivity index (χ4v) is 1.60. The highest BCUT2D eigenvalue weighted by atomic mass is 16.2. The van der Waals surface area contributed by atoms with E-state index in [9.17, 15) is 14.4 Å². The standard InChI is InChI=1S/C12H21NO3/c1-4-6-10(9(3)15)7-11(8-14)13-12(16)5-2/h8,10-11H,4-7H2,1-3H3,(H,13,16)/t10-,11-/m0/s1. The quantitative estimate of drug-likeness (QED) is 0.639. The van der Waals surface area contributed by atoms with Crippen LogP contribution in [0.15, 0.2) is 0 Å². The van der Waals surface area contributed by atoms with E-state index in [2.05, 4.69) is 5.32 Å². The van der Waals surface area contributed by atoms with E-state index in [1.807, 2.05) is 6.92 Å². The fourth-order valence-electron chi connectivity index (χ4n) is 1.60. The molecule has 0 aliphatic heterocycles. The number of Topliss-reactive ketones (excluding diaryl/α,β-unsaturated/α-hetero) is 1. The van der Waals surface area contributed by atoms with Crippen molar-refractivity contribution in [1.29, 1.82) is 0 Å². The average molecular weight is 227 g/mol. The van der Waals surface area contributed by atoms with Gasteiger partial charge in [-0.15, -0.1) is 0 Å². The number of ketones is 1. The Morgan fingerprint density at radius 3 is 2.31 bits per heavy atom. The van der Waals surface area contributed by atoms with Gasteiger partial charge in [-0.2, -0.15) is 0 Å². The Morgan fingerprint density at radius 1 is 1.31 bits per heavy atom. The van der Waals surface area contributed by atoms with Gasteiger partial charge in [-0.05, 0) is 19.8 Å². The Balaban J connectivity index is 4.31. The summed E-state index contributed by atoms with van der Waals surface area (Å²) in [5.74, 6) is -0.201. The third-order valence-corrected chi connectivity index (χ3v) is 2.58. The van der Waals surface area contributed by atoms with Crippen LogP contribution in [0.5, 0.6) is 0 Å². The molecule has 4 nitrogen and oxygen atoms in total. The van der Waals surface area contributed by atoms with Crippen LogP contribution in [-0.2, 0) is 14.4 Å². The Hall–Kier alpha value is -1.19. The van der Waals surface area contributed by atoms with E-state index >= 15 is 0 Å². The van der Waals surface area contributed by atoms with Gasteiger partial charge in [-0.3, -0.25) is 9.59 Å². The van der Waals surface area contributed by atoms with Crippen LogP contribution in [0.25, 0.3) is 0 Å². The van der Waals surface area contributed by atoms with E-state index in [1.165, 1.54) is 6.92 Å². The first-order chi connectivity index (χ1) is 7.54. The predicted octanol–water partition coefficient (Wildman–Crippen LogP) is 1.48. The lowest BCUT2D eigenvalue weighted by atomic mass is 9.92. The molecule has 0 spiro atoms. The summed E-state index contributed by atoms with van der Waals surface area (Å²) >= 11 is 0. The third-order valence-electron chi connectivity index (χ3n) is 2.58. The van der Waals surface area contributed by atoms with Gasteiger partial charge in [0.1, 0.15) is 12.1 Å². The first kappa shape index (κ1) is 14.8. The summed E-state index contributed by atoms with van der Waals surface area (Å²) in [7, 11) is 0. The fraction of sp³-hybridized carbons (Fsp3) is 0.750. The summed E-state index contributed by atoms with van der Waals surface area (Å²) < 4.78 is 0. The van der Waals surface area contributed by atoms with E-state index in [-0.39, 0.29) is 17.6 Å². The van der Waals surface area contributed by atoms with Crippen molar-refractivity contribution in [2.45, 2.75) is 52.5 Å². The molecule has 0 heterocycles. The summed E-state index contributed by atoms with van der Waals surface area (Å²) in [5.41, 5.74) is 0. The summed E-state index contributed by atoms with van der Waals surface area (Å²) in [6, 6.07) is -0.534. The summed E-state index contributed by atoms with van der Waals surface area (Å²) in [5, 5.41) is 2.60. The normalized spacial score (nSPS) is 13.9. The minimum Gasteiger partial charge on any atom is -0.347 e. The van der Waals surface area contributed by atoms with E-state index in [0.29, 0.717) is 19.1 Å². The Kier molecular flexibility index (Phi) is 7.42. The zero-order valence-electron chi connectivity index (χ0n) is 10.3. The average Bonchev–Trinajstić information content (AvgIpc) is 2.26. The second-order valence-electron chi connectivity index (χ2n) is 4.00. The summed E-state index contributed by atoms with van der Waals surface area (Å²) in [6.07, 6.45) is 3.14. The van der Waals surface area contributed by atoms with Gasteiger partial charge < -0.3 is 10.1 Å². The summed E-state index contributed by atoms with van der Waals surface area (Å²) in [4.78, 5) is 33.2. The van der Waals surface area contributed by atoms with E-state index in [1.54, 1.807) is 6.92 Å². The Morgan fingerprint density at radius 2 is 1.94 bits per heavy atom. The molecule has 0 saturated carbocycles. The molecule has 1 N–H and O–H groups in total. The highest BCUT2D eigenvalue weighted by Crippen LogP contribution is 2.14. The highest BCUT2D eigenvalue weighted by molar-refractivity contribution is 5.81. The number of carbonyl (C=O) groups is 3. The van der Waals surface area contributed by atoms with Crippen LogP contribution in [-0.4, -0.2) is 24.0 Å². The van der Waals surface area contributed by atoms with Crippen molar-refractivity contribution >= 4 is 18.0 Å². The zero-order chi connectivity index (χ0) is 12.6. The zero-order valence-corrected chi connectivity index (χ0v) is 10.3.